The first-order valence-corrected chi connectivity index (χ1v) is 12.3. The number of ether oxygens (including phenoxy) is 1. The van der Waals surface area contributed by atoms with Crippen molar-refractivity contribution in [1.29, 1.82) is 0 Å². The molecule has 0 aliphatic rings. The molecule has 0 atom stereocenters. The van der Waals surface area contributed by atoms with Crippen LogP contribution >= 0.6 is 0 Å². The van der Waals surface area contributed by atoms with Crippen LogP contribution in [0.25, 0.3) is 0 Å². The molecule has 0 saturated heterocycles. The van der Waals surface area contributed by atoms with Gasteiger partial charge in [0.2, 0.25) is 10.0 Å². The minimum atomic E-state index is -3.67. The second kappa shape index (κ2) is 10.5. The summed E-state index contributed by atoms with van der Waals surface area (Å²) in [5, 5.41) is 2.78. The van der Waals surface area contributed by atoms with Crippen molar-refractivity contribution in [2.75, 3.05) is 23.7 Å². The molecule has 0 heterocycles. The summed E-state index contributed by atoms with van der Waals surface area (Å²) in [5.74, 6) is -0.0390. The van der Waals surface area contributed by atoms with Gasteiger partial charge >= 0.3 is 0 Å². The molecule has 0 fully saturated rings. The number of aryl methyl sites for hydroxylation is 2. The van der Waals surface area contributed by atoms with Gasteiger partial charge in [-0.05, 0) is 67.4 Å². The van der Waals surface area contributed by atoms with Crippen molar-refractivity contribution in [3.05, 3.63) is 94.8 Å². The maximum absolute atomic E-state index is 14.0. The van der Waals surface area contributed by atoms with Crippen molar-refractivity contribution in [3.63, 3.8) is 0 Å². The zero-order chi connectivity index (χ0) is 24.0. The normalized spacial score (nSPS) is 11.2. The highest BCUT2D eigenvalue weighted by Crippen LogP contribution is 2.22. The fourth-order valence-corrected chi connectivity index (χ4v) is 4.08. The van der Waals surface area contributed by atoms with Gasteiger partial charge in [0.25, 0.3) is 5.91 Å². The van der Waals surface area contributed by atoms with Crippen molar-refractivity contribution in [2.45, 2.75) is 20.4 Å². The van der Waals surface area contributed by atoms with Crippen LogP contribution in [0, 0.1) is 19.7 Å². The largest absolute Gasteiger partial charge is 0.492 e. The highest BCUT2D eigenvalue weighted by molar-refractivity contribution is 7.92. The third-order valence-corrected chi connectivity index (χ3v) is 6.36. The molecule has 174 valence electrons. The average molecular weight is 471 g/mol. The van der Waals surface area contributed by atoms with Crippen LogP contribution < -0.4 is 14.4 Å². The minimum absolute atomic E-state index is 0.146. The monoisotopic (exact) mass is 470 g/mol. The van der Waals surface area contributed by atoms with Gasteiger partial charge in [0.15, 0.2) is 0 Å². The number of benzene rings is 3. The second-order valence-electron chi connectivity index (χ2n) is 7.76. The number of carbonyl (C=O) groups is 1. The van der Waals surface area contributed by atoms with E-state index in [1.54, 1.807) is 12.1 Å². The predicted octanol–water partition coefficient (Wildman–Crippen LogP) is 4.22. The molecule has 0 aliphatic carbocycles. The quantitative estimate of drug-likeness (QED) is 0.475. The SMILES string of the molecule is Cc1ccc(OCCNC(=O)c2ccc(N(Cc3ccccc3F)S(C)(=O)=O)cc2)cc1C. The van der Waals surface area contributed by atoms with E-state index in [9.17, 15) is 17.6 Å². The smallest absolute Gasteiger partial charge is 0.251 e. The van der Waals surface area contributed by atoms with Gasteiger partial charge in [-0.15, -0.1) is 0 Å². The Morgan fingerprint density at radius 1 is 1.00 bits per heavy atom. The van der Waals surface area contributed by atoms with Crippen molar-refractivity contribution in [2.24, 2.45) is 0 Å². The predicted molar refractivity (Wildman–Crippen MR) is 128 cm³/mol. The lowest BCUT2D eigenvalue weighted by atomic mass is 10.1. The molecule has 0 spiro atoms. The van der Waals surface area contributed by atoms with Gasteiger partial charge in [-0.25, -0.2) is 12.8 Å². The molecule has 6 nitrogen and oxygen atoms in total. The first-order chi connectivity index (χ1) is 15.6. The highest BCUT2D eigenvalue weighted by atomic mass is 32.2. The van der Waals surface area contributed by atoms with Gasteiger partial charge in [-0.2, -0.15) is 0 Å². The van der Waals surface area contributed by atoms with Crippen LogP contribution in [0.5, 0.6) is 5.75 Å². The lowest BCUT2D eigenvalue weighted by Gasteiger charge is -2.23. The van der Waals surface area contributed by atoms with Crippen molar-refractivity contribution < 1.29 is 22.3 Å². The molecule has 1 N–H and O–H groups in total. The third kappa shape index (κ3) is 6.55. The molecule has 0 radical (unpaired) electrons. The Bertz CT molecular complexity index is 1230. The Morgan fingerprint density at radius 3 is 2.33 bits per heavy atom. The van der Waals surface area contributed by atoms with Crippen LogP contribution in [-0.2, 0) is 16.6 Å². The van der Waals surface area contributed by atoms with Crippen LogP contribution in [0.3, 0.4) is 0 Å². The summed E-state index contributed by atoms with van der Waals surface area (Å²) in [6.07, 6.45) is 1.06. The van der Waals surface area contributed by atoms with Crippen LogP contribution in [0.2, 0.25) is 0 Å². The molecule has 3 aromatic carbocycles. The maximum Gasteiger partial charge on any atom is 0.251 e. The first kappa shape index (κ1) is 24.3. The summed E-state index contributed by atoms with van der Waals surface area (Å²) in [7, 11) is -3.67. The fourth-order valence-electron chi connectivity index (χ4n) is 3.20. The lowest BCUT2D eigenvalue weighted by Crippen LogP contribution is -2.30. The van der Waals surface area contributed by atoms with E-state index in [1.165, 1.54) is 42.0 Å². The minimum Gasteiger partial charge on any atom is -0.492 e. The molecule has 3 aromatic rings. The topological polar surface area (TPSA) is 75.7 Å². The zero-order valence-corrected chi connectivity index (χ0v) is 19.7. The molecule has 0 saturated carbocycles. The molecule has 33 heavy (non-hydrogen) atoms. The average Bonchev–Trinajstić information content (AvgIpc) is 2.77. The van der Waals surface area contributed by atoms with E-state index in [-0.39, 0.29) is 18.0 Å². The summed E-state index contributed by atoms with van der Waals surface area (Å²) in [6.45, 7) is 4.52. The molecule has 0 unspecified atom stereocenters. The molecule has 3 rings (SSSR count). The number of rotatable bonds is 9. The molecule has 0 aromatic heterocycles. The van der Waals surface area contributed by atoms with Crippen LogP contribution in [0.15, 0.2) is 66.7 Å². The van der Waals surface area contributed by atoms with E-state index in [0.29, 0.717) is 24.4 Å². The number of hydrogen-bond acceptors (Lipinski definition) is 4. The van der Waals surface area contributed by atoms with Crippen molar-refractivity contribution in [3.8, 4) is 5.75 Å². The Hall–Kier alpha value is -3.39. The number of anilines is 1. The maximum atomic E-state index is 14.0. The van der Waals surface area contributed by atoms with Crippen LogP contribution in [0.4, 0.5) is 10.1 Å². The zero-order valence-electron chi connectivity index (χ0n) is 18.8. The van der Waals surface area contributed by atoms with Crippen molar-refractivity contribution >= 4 is 21.6 Å². The van der Waals surface area contributed by atoms with Crippen LogP contribution in [-0.4, -0.2) is 33.7 Å². The molecule has 0 bridgehead atoms. The number of sulfonamides is 1. The second-order valence-corrected chi connectivity index (χ2v) is 9.67. The molecular weight excluding hydrogens is 443 g/mol. The standard InChI is InChI=1S/C25H27FN2O4S/c1-18-8-13-23(16-19(18)2)32-15-14-27-25(29)20-9-11-22(12-10-20)28(33(3,30)31)17-21-6-4-5-7-24(21)26/h4-13,16H,14-15,17H2,1-3H3,(H,27,29). The summed E-state index contributed by atoms with van der Waals surface area (Å²) in [5.41, 5.74) is 3.30. The summed E-state index contributed by atoms with van der Waals surface area (Å²) in [4.78, 5) is 12.4. The van der Waals surface area contributed by atoms with Gasteiger partial charge in [0, 0.05) is 11.1 Å². The van der Waals surface area contributed by atoms with E-state index >= 15 is 0 Å². The Labute approximate surface area is 194 Å². The third-order valence-electron chi connectivity index (χ3n) is 5.22. The fraction of sp³-hybridized carbons (Fsp3) is 0.240. The van der Waals surface area contributed by atoms with Crippen molar-refractivity contribution in [1.82, 2.24) is 5.32 Å². The number of nitrogens with one attached hydrogen (secondary N) is 1. The Kier molecular flexibility index (Phi) is 7.71. The van der Waals surface area contributed by atoms with Crippen LogP contribution in [0.1, 0.15) is 27.0 Å². The number of halogens is 1. The molecule has 1 amide bonds. The molecule has 0 aliphatic heterocycles. The summed E-state index contributed by atoms with van der Waals surface area (Å²) >= 11 is 0. The van der Waals surface area contributed by atoms with E-state index < -0.39 is 15.8 Å². The van der Waals surface area contributed by atoms with Gasteiger partial charge in [0.05, 0.1) is 25.0 Å². The Morgan fingerprint density at radius 2 is 1.70 bits per heavy atom. The van der Waals surface area contributed by atoms with Gasteiger partial charge in [0.1, 0.15) is 18.2 Å². The van der Waals surface area contributed by atoms with E-state index in [1.807, 2.05) is 32.0 Å². The number of amides is 1. The number of hydrogen-bond donors (Lipinski definition) is 1. The first-order valence-electron chi connectivity index (χ1n) is 10.4. The molecular formula is C25H27FN2O4S. The Balaban J connectivity index is 1.60. The van der Waals surface area contributed by atoms with E-state index in [4.69, 9.17) is 4.74 Å². The highest BCUT2D eigenvalue weighted by Gasteiger charge is 2.20. The molecule has 8 heteroatoms. The lowest BCUT2D eigenvalue weighted by molar-refractivity contribution is 0.0947. The van der Waals surface area contributed by atoms with E-state index in [2.05, 4.69) is 5.32 Å². The van der Waals surface area contributed by atoms with Gasteiger partial charge in [-0.3, -0.25) is 9.10 Å². The number of nitrogens with zero attached hydrogens (tertiary/aromatic N) is 1. The summed E-state index contributed by atoms with van der Waals surface area (Å²) < 4.78 is 45.4. The van der Waals surface area contributed by atoms with E-state index in [0.717, 1.165) is 21.9 Å². The van der Waals surface area contributed by atoms with Gasteiger partial charge in [-0.1, -0.05) is 24.3 Å². The van der Waals surface area contributed by atoms with Gasteiger partial charge < -0.3 is 10.1 Å². The summed E-state index contributed by atoms with van der Waals surface area (Å²) in [6, 6.07) is 18.0. The number of carbonyl (C=O) groups excluding carboxylic acids is 1.